The van der Waals surface area contributed by atoms with Gasteiger partial charge in [-0.15, -0.1) is 13.2 Å². The van der Waals surface area contributed by atoms with E-state index in [-0.39, 0.29) is 24.9 Å². The summed E-state index contributed by atoms with van der Waals surface area (Å²) in [5, 5.41) is 0.949. The van der Waals surface area contributed by atoms with Crippen LogP contribution in [0.3, 0.4) is 0 Å². The summed E-state index contributed by atoms with van der Waals surface area (Å²) in [4.78, 5) is 25.8. The molecule has 0 spiro atoms. The van der Waals surface area contributed by atoms with Gasteiger partial charge >= 0.3 is 12.3 Å². The predicted octanol–water partition coefficient (Wildman–Crippen LogP) is 7.75. The van der Waals surface area contributed by atoms with E-state index in [0.29, 0.717) is 38.5 Å². The van der Waals surface area contributed by atoms with Gasteiger partial charge in [0, 0.05) is 34.3 Å². The number of hydrogen-bond acceptors (Lipinski definition) is 5. The topological polar surface area (TPSA) is 66.8 Å². The first-order valence-corrected chi connectivity index (χ1v) is 13.3. The maximum Gasteiger partial charge on any atom is 0.573 e. The van der Waals surface area contributed by atoms with Crippen LogP contribution in [-0.4, -0.2) is 35.4 Å². The molecule has 3 aromatic carbocycles. The number of nitrogens with zero attached hydrogens (tertiary/aromatic N) is 1. The van der Waals surface area contributed by atoms with Gasteiger partial charge in [0.05, 0.1) is 17.7 Å². The minimum Gasteiger partial charge on any atom is -0.479 e. The maximum absolute atomic E-state index is 13.6. The highest BCUT2D eigenvalue weighted by atomic mass is 35.5. The molecule has 1 aromatic heterocycles. The van der Waals surface area contributed by atoms with Crippen LogP contribution in [0.15, 0.2) is 66.7 Å². The molecule has 41 heavy (non-hydrogen) atoms. The van der Waals surface area contributed by atoms with Crippen LogP contribution in [0.1, 0.15) is 48.0 Å². The molecule has 4 rings (SSSR count). The first-order chi connectivity index (χ1) is 19.3. The third-order valence-corrected chi connectivity index (χ3v) is 6.56. The Bertz CT molecular complexity index is 1560. The van der Waals surface area contributed by atoms with Crippen LogP contribution in [0.4, 0.5) is 13.2 Å². The van der Waals surface area contributed by atoms with E-state index in [1.54, 1.807) is 60.9 Å². The van der Waals surface area contributed by atoms with Crippen LogP contribution in [0.25, 0.3) is 10.9 Å². The molecule has 1 heterocycles. The van der Waals surface area contributed by atoms with Crippen molar-refractivity contribution in [2.75, 3.05) is 6.61 Å². The predicted molar refractivity (Wildman–Crippen MR) is 150 cm³/mol. The third-order valence-electron chi connectivity index (χ3n) is 6.31. The molecule has 0 bridgehead atoms. The molecule has 0 radical (unpaired) electrons. The Balaban J connectivity index is 1.71. The van der Waals surface area contributed by atoms with Gasteiger partial charge in [0.25, 0.3) is 0 Å². The molecule has 0 N–H and O–H groups in total. The molecule has 10 heteroatoms. The molecular weight excluding hydrogens is 559 g/mol. The fourth-order valence-electron chi connectivity index (χ4n) is 4.41. The van der Waals surface area contributed by atoms with Crippen molar-refractivity contribution in [3.63, 3.8) is 0 Å². The Morgan fingerprint density at radius 2 is 1.66 bits per heavy atom. The van der Waals surface area contributed by atoms with Gasteiger partial charge < -0.3 is 18.8 Å². The summed E-state index contributed by atoms with van der Waals surface area (Å²) in [5.74, 6) is -0.575. The van der Waals surface area contributed by atoms with Gasteiger partial charge in [0.15, 0.2) is 11.9 Å². The Morgan fingerprint density at radius 1 is 0.951 bits per heavy atom. The van der Waals surface area contributed by atoms with Crippen molar-refractivity contribution in [1.82, 2.24) is 4.57 Å². The molecule has 0 saturated heterocycles. The summed E-state index contributed by atoms with van der Waals surface area (Å²) in [6.07, 6.45) is -5.72. The van der Waals surface area contributed by atoms with E-state index in [2.05, 4.69) is 4.74 Å². The van der Waals surface area contributed by atoms with Gasteiger partial charge in [0.2, 0.25) is 0 Å². The summed E-state index contributed by atoms with van der Waals surface area (Å²) in [7, 11) is 0. The van der Waals surface area contributed by atoms with E-state index in [0.717, 1.165) is 5.56 Å². The number of ether oxygens (including phenoxy) is 3. The number of carbonyl (C=O) groups is 2. The van der Waals surface area contributed by atoms with Crippen molar-refractivity contribution in [3.8, 4) is 11.5 Å². The first kappa shape index (κ1) is 30.0. The quantitative estimate of drug-likeness (QED) is 0.140. The van der Waals surface area contributed by atoms with Gasteiger partial charge in [-0.1, -0.05) is 37.6 Å². The Hall–Kier alpha value is -3.98. The smallest absolute Gasteiger partial charge is 0.479 e. The molecule has 4 aromatic rings. The minimum absolute atomic E-state index is 0.188. The normalized spacial score (nSPS) is 12.4. The van der Waals surface area contributed by atoms with Crippen LogP contribution in [0.2, 0.25) is 5.02 Å². The molecule has 216 valence electrons. The lowest BCUT2D eigenvalue weighted by Gasteiger charge is -2.16. The molecule has 0 saturated carbocycles. The lowest BCUT2D eigenvalue weighted by Crippen LogP contribution is -2.27. The summed E-state index contributed by atoms with van der Waals surface area (Å²) < 4.78 is 56.0. The third kappa shape index (κ3) is 7.41. The van der Waals surface area contributed by atoms with Gasteiger partial charge in [-0.25, -0.2) is 4.79 Å². The van der Waals surface area contributed by atoms with Gasteiger partial charge in [-0.05, 0) is 73.9 Å². The van der Waals surface area contributed by atoms with Crippen LogP contribution in [0.5, 0.6) is 11.5 Å². The number of aromatic nitrogens is 1. The molecule has 1 unspecified atom stereocenters. The zero-order valence-corrected chi connectivity index (χ0v) is 23.7. The van der Waals surface area contributed by atoms with Crippen molar-refractivity contribution < 1.29 is 37.0 Å². The number of ketones is 1. The monoisotopic (exact) mass is 587 g/mol. The highest BCUT2D eigenvalue weighted by molar-refractivity contribution is 6.30. The van der Waals surface area contributed by atoms with E-state index in [1.807, 2.05) is 19.9 Å². The number of esters is 1. The molecule has 0 amide bonds. The summed E-state index contributed by atoms with van der Waals surface area (Å²) in [6, 6.07) is 17.3. The van der Waals surface area contributed by atoms with E-state index in [9.17, 15) is 22.8 Å². The molecule has 0 aliphatic heterocycles. The molecule has 1 atom stereocenters. The second kappa shape index (κ2) is 12.3. The van der Waals surface area contributed by atoms with Crippen molar-refractivity contribution in [2.24, 2.45) is 5.92 Å². The Labute approximate surface area is 240 Å². The van der Waals surface area contributed by atoms with Crippen molar-refractivity contribution in [2.45, 2.75) is 46.7 Å². The minimum atomic E-state index is -4.87. The largest absolute Gasteiger partial charge is 0.573 e. The molecule has 0 fully saturated rings. The van der Waals surface area contributed by atoms with Gasteiger partial charge in [0.1, 0.15) is 11.5 Å². The molecule has 6 nitrogen and oxygen atoms in total. The zero-order valence-electron chi connectivity index (χ0n) is 22.9. The second-order valence-corrected chi connectivity index (χ2v) is 10.5. The van der Waals surface area contributed by atoms with Crippen LogP contribution in [-0.2, 0) is 16.1 Å². The number of hydrogen-bond donors (Lipinski definition) is 0. The van der Waals surface area contributed by atoms with Crippen LogP contribution >= 0.6 is 11.6 Å². The lowest BCUT2D eigenvalue weighted by molar-refractivity contribution is -0.274. The number of halogens is 4. The second-order valence-electron chi connectivity index (χ2n) is 10.0. The number of alkyl halides is 3. The van der Waals surface area contributed by atoms with E-state index < -0.39 is 24.2 Å². The molecular formula is C31H29ClF3NO5. The zero-order chi connectivity index (χ0) is 29.9. The standard InChI is InChI=1S/C31H29ClF3NO5/c1-18(2)17-39-30(38)20(4)40-24-7-5-6-21(14-24)16-36-19(3)28(29(37)22-8-10-23(32)11-9-22)26-13-12-25(15-27(26)36)41-31(33,34)35/h5-15,18,20H,16-17H2,1-4H3. The lowest BCUT2D eigenvalue weighted by atomic mass is 10.0. The van der Waals surface area contributed by atoms with Crippen molar-refractivity contribution in [3.05, 3.63) is 94.1 Å². The van der Waals surface area contributed by atoms with E-state index in [1.165, 1.54) is 18.2 Å². The van der Waals surface area contributed by atoms with Gasteiger partial charge in [-0.3, -0.25) is 4.79 Å². The SMILES string of the molecule is Cc1c(C(=O)c2ccc(Cl)cc2)c2ccc(OC(F)(F)F)cc2n1Cc1cccc(OC(C)C(=O)OCC(C)C)c1. The molecule has 0 aliphatic rings. The van der Waals surface area contributed by atoms with Crippen molar-refractivity contribution >= 4 is 34.3 Å². The fourth-order valence-corrected chi connectivity index (χ4v) is 4.53. The fraction of sp³-hybridized carbons (Fsp3) is 0.290. The Morgan fingerprint density at radius 3 is 2.32 bits per heavy atom. The summed E-state index contributed by atoms with van der Waals surface area (Å²) >= 11 is 5.99. The number of rotatable bonds is 10. The Kier molecular flexibility index (Phi) is 8.97. The number of benzene rings is 3. The average Bonchev–Trinajstić information content (AvgIpc) is 3.16. The van der Waals surface area contributed by atoms with E-state index >= 15 is 0 Å². The first-order valence-electron chi connectivity index (χ1n) is 12.9. The van der Waals surface area contributed by atoms with Crippen molar-refractivity contribution in [1.29, 1.82) is 0 Å². The van der Waals surface area contributed by atoms with Gasteiger partial charge in [-0.2, -0.15) is 0 Å². The summed E-state index contributed by atoms with van der Waals surface area (Å²) in [6.45, 7) is 7.68. The number of fused-ring (bicyclic) bond motifs is 1. The molecule has 0 aliphatic carbocycles. The highest BCUT2D eigenvalue weighted by Crippen LogP contribution is 2.34. The maximum atomic E-state index is 13.6. The highest BCUT2D eigenvalue weighted by Gasteiger charge is 2.32. The number of carbonyl (C=O) groups excluding carboxylic acids is 2. The summed E-state index contributed by atoms with van der Waals surface area (Å²) in [5.41, 5.74) is 2.42. The average molecular weight is 588 g/mol. The van der Waals surface area contributed by atoms with E-state index in [4.69, 9.17) is 21.1 Å². The van der Waals surface area contributed by atoms with Crippen LogP contribution in [0, 0.1) is 12.8 Å². The van der Waals surface area contributed by atoms with Crippen LogP contribution < -0.4 is 9.47 Å².